The molecule has 2 rings (SSSR count). The molecule has 0 saturated carbocycles. The van der Waals surface area contributed by atoms with Crippen LogP contribution in [0.1, 0.15) is 12.0 Å². The van der Waals surface area contributed by atoms with Crippen LogP contribution < -0.4 is 4.74 Å². The van der Waals surface area contributed by atoms with Gasteiger partial charge in [-0.1, -0.05) is 12.1 Å². The third-order valence-electron chi connectivity index (χ3n) is 3.03. The Morgan fingerprint density at radius 2 is 2.00 bits per heavy atom. The number of ether oxygens (including phenoxy) is 1. The van der Waals surface area contributed by atoms with Crippen LogP contribution in [-0.2, 0) is 11.2 Å². The van der Waals surface area contributed by atoms with E-state index in [0.717, 1.165) is 0 Å². The summed E-state index contributed by atoms with van der Waals surface area (Å²) in [5, 5.41) is 9.34. The van der Waals surface area contributed by atoms with E-state index >= 15 is 0 Å². The number of nitrogens with zero attached hydrogens (tertiary/aromatic N) is 1. The molecule has 0 unspecified atom stereocenters. The Balaban J connectivity index is 1.92. The van der Waals surface area contributed by atoms with Gasteiger partial charge in [0, 0.05) is 13.1 Å². The molecule has 1 amide bonds. The molecule has 1 aromatic rings. The maximum Gasteiger partial charge on any atom is 0.573 e. The zero-order valence-corrected chi connectivity index (χ0v) is 10.6. The maximum atomic E-state index is 12.0. The number of β-amino-alcohol motifs (C(OH)–C–C–N with tert-alkyl or cyclic N) is 1. The summed E-state index contributed by atoms with van der Waals surface area (Å²) in [6.07, 6.45) is -4.55. The number of aliphatic hydroxyl groups is 1. The number of alkyl halides is 3. The molecule has 1 aromatic carbocycles. The maximum absolute atomic E-state index is 12.0. The first-order chi connectivity index (χ1) is 9.33. The summed E-state index contributed by atoms with van der Waals surface area (Å²) in [7, 11) is 0. The number of carbonyl (C=O) groups excluding carboxylic acids is 1. The van der Waals surface area contributed by atoms with E-state index in [1.165, 1.54) is 24.3 Å². The normalized spacial score (nSPS) is 19.2. The van der Waals surface area contributed by atoms with Crippen molar-refractivity contribution in [2.45, 2.75) is 25.3 Å². The molecule has 0 aromatic heterocycles. The highest BCUT2D eigenvalue weighted by atomic mass is 19.4. The quantitative estimate of drug-likeness (QED) is 0.922. The molecule has 110 valence electrons. The van der Waals surface area contributed by atoms with Crippen LogP contribution in [0.25, 0.3) is 0 Å². The predicted molar refractivity (Wildman–Crippen MR) is 64.0 cm³/mol. The molecule has 0 aliphatic carbocycles. The van der Waals surface area contributed by atoms with Gasteiger partial charge in [0.05, 0.1) is 12.5 Å². The second-order valence-corrected chi connectivity index (χ2v) is 4.65. The van der Waals surface area contributed by atoms with Crippen molar-refractivity contribution in [2.24, 2.45) is 0 Å². The van der Waals surface area contributed by atoms with Crippen LogP contribution in [0.3, 0.4) is 0 Å². The second-order valence-electron chi connectivity index (χ2n) is 4.65. The highest BCUT2D eigenvalue weighted by molar-refractivity contribution is 5.79. The van der Waals surface area contributed by atoms with Crippen molar-refractivity contribution in [3.63, 3.8) is 0 Å². The molecule has 1 heterocycles. The zero-order chi connectivity index (χ0) is 14.8. The zero-order valence-electron chi connectivity index (χ0n) is 10.6. The van der Waals surface area contributed by atoms with Crippen molar-refractivity contribution in [3.05, 3.63) is 29.8 Å². The minimum absolute atomic E-state index is 0.0962. The summed E-state index contributed by atoms with van der Waals surface area (Å²) in [6, 6.07) is 5.20. The van der Waals surface area contributed by atoms with Crippen LogP contribution in [0.15, 0.2) is 24.3 Å². The largest absolute Gasteiger partial charge is 0.573 e. The van der Waals surface area contributed by atoms with E-state index in [1.807, 2.05) is 0 Å². The van der Waals surface area contributed by atoms with E-state index < -0.39 is 12.5 Å². The number of amides is 1. The monoisotopic (exact) mass is 289 g/mol. The van der Waals surface area contributed by atoms with Crippen molar-refractivity contribution < 1.29 is 27.8 Å². The minimum atomic E-state index is -4.72. The lowest BCUT2D eigenvalue weighted by Gasteiger charge is -2.15. The Morgan fingerprint density at radius 1 is 1.35 bits per heavy atom. The smallest absolute Gasteiger partial charge is 0.406 e. The molecular formula is C13H14F3NO3. The third kappa shape index (κ3) is 4.12. The number of halogens is 3. The molecule has 0 bridgehead atoms. The fourth-order valence-corrected chi connectivity index (χ4v) is 2.06. The lowest BCUT2D eigenvalue weighted by molar-refractivity contribution is -0.274. The predicted octanol–water partition coefficient (Wildman–Crippen LogP) is 1.72. The van der Waals surface area contributed by atoms with E-state index in [0.29, 0.717) is 25.1 Å². The fourth-order valence-electron chi connectivity index (χ4n) is 2.06. The Kier molecular flexibility index (Phi) is 4.17. The van der Waals surface area contributed by atoms with E-state index in [-0.39, 0.29) is 18.1 Å². The molecule has 1 atom stereocenters. The first-order valence-corrected chi connectivity index (χ1v) is 6.14. The number of hydrogen-bond donors (Lipinski definition) is 1. The van der Waals surface area contributed by atoms with E-state index in [9.17, 15) is 23.1 Å². The van der Waals surface area contributed by atoms with Crippen LogP contribution in [0.2, 0.25) is 0 Å². The molecule has 7 heteroatoms. The Hall–Kier alpha value is -1.76. The molecular weight excluding hydrogens is 275 g/mol. The Bertz CT molecular complexity index is 473. The summed E-state index contributed by atoms with van der Waals surface area (Å²) < 4.78 is 39.7. The molecule has 0 radical (unpaired) electrons. The highest BCUT2D eigenvalue weighted by Crippen LogP contribution is 2.23. The van der Waals surface area contributed by atoms with Gasteiger partial charge in [0.15, 0.2) is 0 Å². The standard InChI is InChI=1S/C13H14F3NO3/c14-13(15,16)20-11-3-1-9(2-4-11)7-12(19)17-6-5-10(18)8-17/h1-4,10,18H,5-8H2/t10-/m1/s1. The van der Waals surface area contributed by atoms with Gasteiger partial charge >= 0.3 is 6.36 Å². The summed E-state index contributed by atoms with van der Waals surface area (Å²) in [6.45, 7) is 0.823. The van der Waals surface area contributed by atoms with Crippen LogP contribution in [0.5, 0.6) is 5.75 Å². The van der Waals surface area contributed by atoms with Crippen LogP contribution >= 0.6 is 0 Å². The van der Waals surface area contributed by atoms with Gasteiger partial charge in [-0.25, -0.2) is 0 Å². The molecule has 1 fully saturated rings. The van der Waals surface area contributed by atoms with Gasteiger partial charge in [0.2, 0.25) is 5.91 Å². The molecule has 4 nitrogen and oxygen atoms in total. The van der Waals surface area contributed by atoms with Gasteiger partial charge in [-0.05, 0) is 24.1 Å². The van der Waals surface area contributed by atoms with Crippen molar-refractivity contribution >= 4 is 5.91 Å². The Labute approximate surface area is 113 Å². The van der Waals surface area contributed by atoms with E-state index in [1.54, 1.807) is 4.90 Å². The van der Waals surface area contributed by atoms with Crippen molar-refractivity contribution in [3.8, 4) is 5.75 Å². The van der Waals surface area contributed by atoms with Gasteiger partial charge in [0.25, 0.3) is 0 Å². The number of hydrogen-bond acceptors (Lipinski definition) is 3. The van der Waals surface area contributed by atoms with Gasteiger partial charge in [-0.15, -0.1) is 13.2 Å². The van der Waals surface area contributed by atoms with Gasteiger partial charge in [-0.2, -0.15) is 0 Å². The molecule has 1 N–H and O–H groups in total. The number of aliphatic hydroxyl groups excluding tert-OH is 1. The Morgan fingerprint density at radius 3 is 2.50 bits per heavy atom. The average molecular weight is 289 g/mol. The number of benzene rings is 1. The van der Waals surface area contributed by atoms with Crippen LogP contribution in [0.4, 0.5) is 13.2 Å². The average Bonchev–Trinajstić information content (AvgIpc) is 2.77. The lowest BCUT2D eigenvalue weighted by atomic mass is 10.1. The van der Waals surface area contributed by atoms with E-state index in [4.69, 9.17) is 0 Å². The molecule has 1 aliphatic rings. The lowest BCUT2D eigenvalue weighted by Crippen LogP contribution is -2.30. The van der Waals surface area contributed by atoms with Crippen molar-refractivity contribution in [1.82, 2.24) is 4.90 Å². The highest BCUT2D eigenvalue weighted by Gasteiger charge is 2.31. The van der Waals surface area contributed by atoms with Crippen LogP contribution in [0, 0.1) is 0 Å². The van der Waals surface area contributed by atoms with Gasteiger partial charge in [0.1, 0.15) is 5.75 Å². The van der Waals surface area contributed by atoms with Crippen LogP contribution in [-0.4, -0.2) is 41.5 Å². The summed E-state index contributed by atoms with van der Waals surface area (Å²) in [5.74, 6) is -0.462. The first-order valence-electron chi connectivity index (χ1n) is 6.14. The van der Waals surface area contributed by atoms with Gasteiger partial charge < -0.3 is 14.7 Å². The summed E-state index contributed by atoms with van der Waals surface area (Å²) >= 11 is 0. The second kappa shape index (κ2) is 5.70. The number of carbonyl (C=O) groups is 1. The van der Waals surface area contributed by atoms with Gasteiger partial charge in [-0.3, -0.25) is 4.79 Å². The van der Waals surface area contributed by atoms with E-state index in [2.05, 4.69) is 4.74 Å². The summed E-state index contributed by atoms with van der Waals surface area (Å²) in [5.41, 5.74) is 0.603. The van der Waals surface area contributed by atoms with Crippen molar-refractivity contribution in [1.29, 1.82) is 0 Å². The SMILES string of the molecule is O=C(Cc1ccc(OC(F)(F)F)cc1)N1CC[C@@H](O)C1. The van der Waals surface area contributed by atoms with Crippen molar-refractivity contribution in [2.75, 3.05) is 13.1 Å². The first kappa shape index (κ1) is 14.6. The summed E-state index contributed by atoms with van der Waals surface area (Å²) in [4.78, 5) is 13.4. The molecule has 1 saturated heterocycles. The molecule has 0 spiro atoms. The topological polar surface area (TPSA) is 49.8 Å². The third-order valence-corrected chi connectivity index (χ3v) is 3.03. The fraction of sp³-hybridized carbons (Fsp3) is 0.462. The minimum Gasteiger partial charge on any atom is -0.406 e. The number of rotatable bonds is 3. The number of likely N-dealkylation sites (tertiary alicyclic amines) is 1. The molecule has 1 aliphatic heterocycles. The molecule has 20 heavy (non-hydrogen) atoms.